The van der Waals surface area contributed by atoms with E-state index in [2.05, 4.69) is 10.6 Å². The molecule has 8 nitrogen and oxygen atoms in total. The third-order valence-corrected chi connectivity index (χ3v) is 5.97. The lowest BCUT2D eigenvalue weighted by molar-refractivity contribution is -0.402. The molecule has 5 rings (SSSR count). The molecule has 8 heteroatoms. The zero-order chi connectivity index (χ0) is 22.2. The number of para-hydroxylation sites is 2. The van der Waals surface area contributed by atoms with Crippen molar-refractivity contribution < 1.29 is 18.9 Å². The lowest BCUT2D eigenvalue weighted by atomic mass is 9.79. The van der Waals surface area contributed by atoms with Crippen LogP contribution in [0.4, 0.5) is 17.3 Å². The maximum atomic E-state index is 13.4. The second-order valence-corrected chi connectivity index (χ2v) is 7.87. The van der Waals surface area contributed by atoms with Gasteiger partial charge >= 0.3 is 5.88 Å². The van der Waals surface area contributed by atoms with Gasteiger partial charge in [0.2, 0.25) is 0 Å². The van der Waals surface area contributed by atoms with E-state index < -0.39 is 11.0 Å². The van der Waals surface area contributed by atoms with E-state index >= 15 is 0 Å². The Bertz CT molecular complexity index is 1230. The Morgan fingerprint density at radius 2 is 1.78 bits per heavy atom. The maximum Gasteiger partial charge on any atom is 0.433 e. The number of furan rings is 1. The molecule has 2 N–H and O–H groups in total. The number of nitrogens with one attached hydrogen (secondary N) is 2. The molecule has 1 aromatic heterocycles. The van der Waals surface area contributed by atoms with Gasteiger partial charge in [0.15, 0.2) is 5.78 Å². The zero-order valence-corrected chi connectivity index (χ0v) is 17.3. The van der Waals surface area contributed by atoms with Gasteiger partial charge in [-0.1, -0.05) is 24.3 Å². The fourth-order valence-corrected chi connectivity index (χ4v) is 4.41. The summed E-state index contributed by atoms with van der Waals surface area (Å²) in [6.45, 7) is 0. The molecule has 2 aliphatic rings. The lowest BCUT2D eigenvalue weighted by Gasteiger charge is -2.29. The Hall–Kier alpha value is -4.07. The predicted octanol–water partition coefficient (Wildman–Crippen LogP) is 5.18. The Labute approximate surface area is 184 Å². The fourth-order valence-electron chi connectivity index (χ4n) is 4.41. The number of carbonyl (C=O) groups is 1. The molecule has 2 aromatic carbocycles. The van der Waals surface area contributed by atoms with Crippen LogP contribution < -0.4 is 15.4 Å². The Morgan fingerprint density at radius 1 is 1.03 bits per heavy atom. The summed E-state index contributed by atoms with van der Waals surface area (Å²) >= 11 is 0. The molecule has 0 radical (unpaired) electrons. The second-order valence-electron chi connectivity index (χ2n) is 7.87. The van der Waals surface area contributed by atoms with Gasteiger partial charge in [0.05, 0.1) is 24.6 Å². The summed E-state index contributed by atoms with van der Waals surface area (Å²) in [4.78, 5) is 24.0. The smallest absolute Gasteiger partial charge is 0.433 e. The first-order valence-electron chi connectivity index (χ1n) is 10.3. The van der Waals surface area contributed by atoms with E-state index in [1.165, 1.54) is 6.07 Å². The van der Waals surface area contributed by atoms with Crippen LogP contribution in [0.1, 0.15) is 36.1 Å². The molecule has 0 bridgehead atoms. The van der Waals surface area contributed by atoms with E-state index in [1.54, 1.807) is 13.2 Å². The van der Waals surface area contributed by atoms with Crippen molar-refractivity contribution in [1.29, 1.82) is 0 Å². The van der Waals surface area contributed by atoms with E-state index in [0.717, 1.165) is 28.4 Å². The minimum Gasteiger partial charge on any atom is -0.497 e. The summed E-state index contributed by atoms with van der Waals surface area (Å²) in [6, 6.07) is 17.6. The number of anilines is 2. The topological polar surface area (TPSA) is 107 Å². The van der Waals surface area contributed by atoms with Crippen LogP contribution in [0.25, 0.3) is 0 Å². The van der Waals surface area contributed by atoms with Gasteiger partial charge in [-0.3, -0.25) is 14.9 Å². The van der Waals surface area contributed by atoms with Gasteiger partial charge in [-0.25, -0.2) is 0 Å². The van der Waals surface area contributed by atoms with Gasteiger partial charge in [-0.15, -0.1) is 0 Å². The van der Waals surface area contributed by atoms with Crippen LogP contribution in [0.2, 0.25) is 0 Å². The van der Waals surface area contributed by atoms with Crippen molar-refractivity contribution >= 4 is 23.0 Å². The molecule has 0 saturated heterocycles. The lowest BCUT2D eigenvalue weighted by Crippen LogP contribution is -2.26. The van der Waals surface area contributed by atoms with Crippen molar-refractivity contribution in [3.05, 3.63) is 93.4 Å². The average molecular weight is 431 g/mol. The number of nitro groups is 1. The van der Waals surface area contributed by atoms with Crippen LogP contribution >= 0.6 is 0 Å². The van der Waals surface area contributed by atoms with Crippen molar-refractivity contribution in [2.24, 2.45) is 0 Å². The van der Waals surface area contributed by atoms with Crippen LogP contribution in [-0.2, 0) is 4.79 Å². The van der Waals surface area contributed by atoms with Gasteiger partial charge in [-0.2, -0.15) is 0 Å². The molecular weight excluding hydrogens is 410 g/mol. The van der Waals surface area contributed by atoms with Crippen molar-refractivity contribution in [3.8, 4) is 5.75 Å². The number of nitrogens with zero attached hydrogens (tertiary/aromatic N) is 1. The van der Waals surface area contributed by atoms with Gasteiger partial charge in [-0.05, 0) is 48.2 Å². The molecule has 2 atom stereocenters. The van der Waals surface area contributed by atoms with E-state index in [1.807, 2.05) is 48.5 Å². The number of ketones is 1. The molecule has 0 spiro atoms. The number of benzene rings is 2. The van der Waals surface area contributed by atoms with E-state index in [-0.39, 0.29) is 17.6 Å². The number of ether oxygens (including phenoxy) is 1. The molecule has 0 saturated carbocycles. The number of carbonyl (C=O) groups excluding carboxylic acids is 1. The Kier molecular flexibility index (Phi) is 4.89. The number of methoxy groups -OCH3 is 1. The quantitative estimate of drug-likeness (QED) is 0.433. The molecule has 0 amide bonds. The van der Waals surface area contributed by atoms with Crippen molar-refractivity contribution in [2.45, 2.75) is 24.8 Å². The van der Waals surface area contributed by atoms with E-state index in [9.17, 15) is 14.9 Å². The van der Waals surface area contributed by atoms with Crippen LogP contribution in [0.5, 0.6) is 5.75 Å². The number of hydrogen-bond acceptors (Lipinski definition) is 7. The second kappa shape index (κ2) is 7.88. The molecule has 2 heterocycles. The zero-order valence-electron chi connectivity index (χ0n) is 17.3. The van der Waals surface area contributed by atoms with Gasteiger partial charge in [0, 0.05) is 17.7 Å². The monoisotopic (exact) mass is 431 g/mol. The van der Waals surface area contributed by atoms with Crippen LogP contribution in [0.15, 0.2) is 76.4 Å². The summed E-state index contributed by atoms with van der Waals surface area (Å²) in [7, 11) is 1.62. The van der Waals surface area contributed by atoms with Crippen molar-refractivity contribution in [1.82, 2.24) is 0 Å². The summed E-state index contributed by atoms with van der Waals surface area (Å²) in [5.41, 5.74) is 4.04. The minimum absolute atomic E-state index is 0.0107. The molecule has 1 aliphatic heterocycles. The molecule has 0 unspecified atom stereocenters. The molecule has 3 aromatic rings. The maximum absolute atomic E-state index is 13.4. The molecule has 162 valence electrons. The van der Waals surface area contributed by atoms with Crippen LogP contribution in [0, 0.1) is 10.1 Å². The highest BCUT2D eigenvalue weighted by Gasteiger charge is 2.37. The van der Waals surface area contributed by atoms with E-state index in [0.29, 0.717) is 24.2 Å². The van der Waals surface area contributed by atoms with Crippen LogP contribution in [-0.4, -0.2) is 17.8 Å². The standard InChI is InChI=1S/C24H21N3O5/c1-31-16-8-6-14(7-9-16)15-12-19-23(20(28)13-15)24(21-10-11-22(32-21)27(29)30)26-18-5-3-2-4-17(18)25-19/h2-11,15,24-26H,12-13H2,1H3/t15-,24+/m1/s1. The highest BCUT2D eigenvalue weighted by Crippen LogP contribution is 2.44. The molecule has 32 heavy (non-hydrogen) atoms. The number of Topliss-reactive ketones (excluding diaryl/α,β-unsaturated/α-hetero) is 1. The van der Waals surface area contributed by atoms with Crippen molar-refractivity contribution in [3.63, 3.8) is 0 Å². The first-order chi connectivity index (χ1) is 15.5. The van der Waals surface area contributed by atoms with Gasteiger partial charge in [0.1, 0.15) is 22.5 Å². The third-order valence-electron chi connectivity index (χ3n) is 5.97. The van der Waals surface area contributed by atoms with Crippen LogP contribution in [0.3, 0.4) is 0 Å². The number of allylic oxidation sites excluding steroid dienone is 1. The average Bonchev–Trinajstić information content (AvgIpc) is 3.23. The highest BCUT2D eigenvalue weighted by molar-refractivity contribution is 6.01. The highest BCUT2D eigenvalue weighted by atomic mass is 16.6. The fraction of sp³-hybridized carbons (Fsp3) is 0.208. The molecule has 1 aliphatic carbocycles. The third kappa shape index (κ3) is 3.49. The summed E-state index contributed by atoms with van der Waals surface area (Å²) in [6.07, 6.45) is 0.965. The van der Waals surface area contributed by atoms with Gasteiger partial charge in [0.25, 0.3) is 0 Å². The predicted molar refractivity (Wildman–Crippen MR) is 119 cm³/mol. The Morgan fingerprint density at radius 3 is 2.47 bits per heavy atom. The SMILES string of the molecule is COc1ccc([C@H]2CC(=O)C3=C(C2)Nc2ccccc2N[C@H]3c2ccc([N+](=O)[O-])o2)cc1. The molecular formula is C24H21N3O5. The first kappa shape index (κ1) is 19.9. The summed E-state index contributed by atoms with van der Waals surface area (Å²) < 4.78 is 10.7. The van der Waals surface area contributed by atoms with Crippen molar-refractivity contribution in [2.75, 3.05) is 17.7 Å². The first-order valence-corrected chi connectivity index (χ1v) is 10.3. The Balaban J connectivity index is 1.57. The molecule has 0 fully saturated rings. The summed E-state index contributed by atoms with van der Waals surface area (Å²) in [5.74, 6) is 0.731. The number of rotatable bonds is 4. The van der Waals surface area contributed by atoms with E-state index in [4.69, 9.17) is 9.15 Å². The summed E-state index contributed by atoms with van der Waals surface area (Å²) in [5, 5.41) is 17.9. The minimum atomic E-state index is -0.626. The van der Waals surface area contributed by atoms with Gasteiger partial charge < -0.3 is 19.8 Å². The normalized spacial score (nSPS) is 19.8. The number of fused-ring (bicyclic) bond motifs is 1. The number of hydrogen-bond donors (Lipinski definition) is 2. The largest absolute Gasteiger partial charge is 0.497 e.